The van der Waals surface area contributed by atoms with Crippen molar-refractivity contribution in [2.24, 2.45) is 0 Å². The molecular weight excluding hydrogens is 381 g/mol. The van der Waals surface area contributed by atoms with E-state index in [1.54, 1.807) is 11.3 Å². The van der Waals surface area contributed by atoms with Crippen LogP contribution in [0.15, 0.2) is 29.6 Å². The number of aliphatic hydroxyl groups excluding tert-OH is 1. The van der Waals surface area contributed by atoms with Crippen LogP contribution < -0.4 is 0 Å². The number of thiophene rings is 1. The zero-order valence-corrected chi connectivity index (χ0v) is 15.8. The number of alkyl halides is 3. The normalized spacial score (nSPS) is 18.9. The van der Waals surface area contributed by atoms with Crippen molar-refractivity contribution >= 4 is 27.4 Å². The maximum atomic E-state index is 10.6. The molecule has 2 N–H and O–H groups in total. The summed E-state index contributed by atoms with van der Waals surface area (Å²) in [4.78, 5) is 13.8. The summed E-state index contributed by atoms with van der Waals surface area (Å²) in [7, 11) is 2.16. The van der Waals surface area contributed by atoms with Crippen molar-refractivity contribution in [2.75, 3.05) is 33.3 Å². The number of carbonyl (C=O) groups is 1. The van der Waals surface area contributed by atoms with E-state index >= 15 is 0 Å². The van der Waals surface area contributed by atoms with E-state index in [0.29, 0.717) is 6.04 Å². The molecule has 1 saturated heterocycles. The fourth-order valence-electron chi connectivity index (χ4n) is 2.99. The molecule has 2 heterocycles. The molecule has 27 heavy (non-hydrogen) atoms. The Hall–Kier alpha value is -1.68. The van der Waals surface area contributed by atoms with E-state index in [2.05, 4.69) is 46.5 Å². The Balaban J connectivity index is 0.000000321. The van der Waals surface area contributed by atoms with E-state index in [1.165, 1.54) is 15.6 Å². The number of likely N-dealkylation sites (N-methyl/N-ethyl adjacent to an activating group) is 1. The molecule has 5 nitrogen and oxygen atoms in total. The number of benzene rings is 1. The molecule has 9 heteroatoms. The van der Waals surface area contributed by atoms with Gasteiger partial charge in [-0.25, -0.2) is 4.79 Å². The maximum absolute atomic E-state index is 10.6. The van der Waals surface area contributed by atoms with Gasteiger partial charge in [0.2, 0.25) is 0 Å². The number of hydrogen-bond donors (Lipinski definition) is 2. The Kier molecular flexibility index (Phi) is 7.60. The van der Waals surface area contributed by atoms with Gasteiger partial charge in [-0.1, -0.05) is 6.07 Å². The first-order valence-electron chi connectivity index (χ1n) is 8.50. The van der Waals surface area contributed by atoms with Gasteiger partial charge >= 0.3 is 12.1 Å². The van der Waals surface area contributed by atoms with E-state index in [9.17, 15) is 13.2 Å². The summed E-state index contributed by atoms with van der Waals surface area (Å²) in [6.07, 6.45) is -4.21. The molecule has 1 unspecified atom stereocenters. The van der Waals surface area contributed by atoms with Crippen molar-refractivity contribution in [2.45, 2.75) is 25.2 Å². The molecule has 3 rings (SSSR count). The summed E-state index contributed by atoms with van der Waals surface area (Å²) in [6.45, 7) is 4.55. The van der Waals surface area contributed by atoms with E-state index < -0.39 is 12.1 Å². The van der Waals surface area contributed by atoms with Gasteiger partial charge in [-0.05, 0) is 48.0 Å². The monoisotopic (exact) mass is 404 g/mol. The van der Waals surface area contributed by atoms with Crippen LogP contribution in [0.4, 0.5) is 13.2 Å². The lowest BCUT2D eigenvalue weighted by Gasteiger charge is -2.39. The van der Waals surface area contributed by atoms with E-state index in [4.69, 9.17) is 15.0 Å². The first-order chi connectivity index (χ1) is 12.7. The minimum Gasteiger partial charge on any atom is -0.475 e. The van der Waals surface area contributed by atoms with Gasteiger partial charge in [-0.15, -0.1) is 11.3 Å². The Morgan fingerprint density at radius 3 is 2.63 bits per heavy atom. The lowest BCUT2D eigenvalue weighted by atomic mass is 10.1. The SMILES string of the molecule is CN1CCN(Cc2ccc3sccc3c2)CC1CCO.O=C(O)C(F)(F)F. The smallest absolute Gasteiger partial charge is 0.475 e. The molecule has 1 fully saturated rings. The average Bonchev–Trinajstić information content (AvgIpc) is 3.05. The number of hydrogen-bond acceptors (Lipinski definition) is 5. The standard InChI is InChI=1S/C16H22N2OS.C2HF3O2/c1-17-6-7-18(12-15(17)4-8-19)11-13-2-3-16-14(10-13)5-9-20-16;3-2(4,5)1(6)7/h2-3,5,9-10,15,19H,4,6-8,11-12H2,1H3;(H,6,7). The number of halogens is 3. The molecule has 1 atom stereocenters. The van der Waals surface area contributed by atoms with Gasteiger partial charge in [-0.3, -0.25) is 4.90 Å². The molecular formula is C18H23F3N2O3S. The second-order valence-corrected chi connectivity index (χ2v) is 7.43. The van der Waals surface area contributed by atoms with Gasteiger partial charge in [0.1, 0.15) is 0 Å². The molecule has 150 valence electrons. The van der Waals surface area contributed by atoms with Crippen molar-refractivity contribution in [1.82, 2.24) is 9.80 Å². The number of carboxylic acids is 1. The van der Waals surface area contributed by atoms with Gasteiger partial charge in [0.05, 0.1) is 0 Å². The van der Waals surface area contributed by atoms with Gasteiger partial charge in [0.25, 0.3) is 0 Å². The molecule has 0 radical (unpaired) electrons. The van der Waals surface area contributed by atoms with E-state index in [1.807, 2.05) is 0 Å². The summed E-state index contributed by atoms with van der Waals surface area (Å²) in [5, 5.41) is 19.8. The number of nitrogens with zero attached hydrogens (tertiary/aromatic N) is 2. The van der Waals surface area contributed by atoms with Crippen molar-refractivity contribution < 1.29 is 28.2 Å². The topological polar surface area (TPSA) is 64.0 Å². The van der Waals surface area contributed by atoms with Crippen molar-refractivity contribution in [3.63, 3.8) is 0 Å². The summed E-state index contributed by atoms with van der Waals surface area (Å²) in [5.41, 5.74) is 1.39. The van der Waals surface area contributed by atoms with Gasteiger partial charge in [0, 0.05) is 43.5 Å². The molecule has 0 spiro atoms. The van der Waals surface area contributed by atoms with Gasteiger partial charge in [0.15, 0.2) is 0 Å². The summed E-state index contributed by atoms with van der Waals surface area (Å²) >= 11 is 1.80. The van der Waals surface area contributed by atoms with Gasteiger partial charge < -0.3 is 15.1 Å². The fraction of sp³-hybridized carbons (Fsp3) is 0.500. The van der Waals surface area contributed by atoms with Crippen LogP contribution in [-0.4, -0.2) is 71.5 Å². The van der Waals surface area contributed by atoms with Crippen LogP contribution in [0, 0.1) is 0 Å². The number of aliphatic hydroxyl groups is 1. The third kappa shape index (κ3) is 6.46. The molecule has 0 aliphatic carbocycles. The Morgan fingerprint density at radius 1 is 1.30 bits per heavy atom. The van der Waals surface area contributed by atoms with Crippen molar-refractivity contribution in [3.05, 3.63) is 35.2 Å². The van der Waals surface area contributed by atoms with Crippen LogP contribution in [0.3, 0.4) is 0 Å². The number of fused-ring (bicyclic) bond motifs is 1. The quantitative estimate of drug-likeness (QED) is 0.820. The molecule has 1 aromatic carbocycles. The number of carboxylic acid groups (broad SMARTS) is 1. The highest BCUT2D eigenvalue weighted by Gasteiger charge is 2.38. The molecule has 0 amide bonds. The second-order valence-electron chi connectivity index (χ2n) is 6.48. The highest BCUT2D eigenvalue weighted by atomic mass is 32.1. The van der Waals surface area contributed by atoms with Gasteiger partial charge in [-0.2, -0.15) is 13.2 Å². The van der Waals surface area contributed by atoms with Crippen LogP contribution in [-0.2, 0) is 11.3 Å². The summed E-state index contributed by atoms with van der Waals surface area (Å²) < 4.78 is 33.1. The van der Waals surface area contributed by atoms with Crippen molar-refractivity contribution in [1.29, 1.82) is 0 Å². The molecule has 0 bridgehead atoms. The fourth-order valence-corrected chi connectivity index (χ4v) is 3.76. The molecule has 1 aliphatic heterocycles. The molecule has 0 saturated carbocycles. The third-order valence-corrected chi connectivity index (χ3v) is 5.39. The minimum atomic E-state index is -5.08. The summed E-state index contributed by atoms with van der Waals surface area (Å²) in [5.74, 6) is -2.76. The highest BCUT2D eigenvalue weighted by Crippen LogP contribution is 2.23. The predicted molar refractivity (Wildman–Crippen MR) is 98.9 cm³/mol. The zero-order valence-electron chi connectivity index (χ0n) is 14.9. The van der Waals surface area contributed by atoms with Crippen LogP contribution in [0.1, 0.15) is 12.0 Å². The van der Waals surface area contributed by atoms with Crippen LogP contribution in [0.25, 0.3) is 10.1 Å². The highest BCUT2D eigenvalue weighted by molar-refractivity contribution is 7.17. The average molecular weight is 404 g/mol. The maximum Gasteiger partial charge on any atom is 0.490 e. The number of aliphatic carboxylic acids is 1. The first-order valence-corrected chi connectivity index (χ1v) is 9.38. The number of rotatable bonds is 4. The largest absolute Gasteiger partial charge is 0.490 e. The predicted octanol–water partition coefficient (Wildman–Crippen LogP) is 3.03. The third-order valence-electron chi connectivity index (χ3n) is 4.49. The molecule has 1 aliphatic rings. The molecule has 1 aromatic heterocycles. The summed E-state index contributed by atoms with van der Waals surface area (Å²) in [6, 6.07) is 9.47. The second kappa shape index (κ2) is 9.50. The van der Waals surface area contributed by atoms with Crippen LogP contribution in [0.2, 0.25) is 0 Å². The van der Waals surface area contributed by atoms with Crippen LogP contribution in [0.5, 0.6) is 0 Å². The first kappa shape index (κ1) is 21.6. The Labute approximate surface area is 159 Å². The lowest BCUT2D eigenvalue weighted by Crippen LogP contribution is -2.51. The zero-order chi connectivity index (χ0) is 20.0. The van der Waals surface area contributed by atoms with Crippen molar-refractivity contribution in [3.8, 4) is 0 Å². The Morgan fingerprint density at radius 2 is 2.00 bits per heavy atom. The number of piperazine rings is 1. The Bertz CT molecular complexity index is 751. The lowest BCUT2D eigenvalue weighted by molar-refractivity contribution is -0.192. The minimum absolute atomic E-state index is 0.281. The van der Waals surface area contributed by atoms with E-state index in [0.717, 1.165) is 32.6 Å². The van der Waals surface area contributed by atoms with E-state index in [-0.39, 0.29) is 6.61 Å². The molecule has 2 aromatic rings. The van der Waals surface area contributed by atoms with Crippen LogP contribution >= 0.6 is 11.3 Å².